The van der Waals surface area contributed by atoms with E-state index in [1.807, 2.05) is 61.5 Å². The second-order valence-corrected chi connectivity index (χ2v) is 10.8. The first-order valence-corrected chi connectivity index (χ1v) is 13.5. The molecule has 2 N–H and O–H groups in total. The zero-order valence-corrected chi connectivity index (χ0v) is 23.3. The van der Waals surface area contributed by atoms with Gasteiger partial charge in [0.2, 0.25) is 0 Å². The van der Waals surface area contributed by atoms with Crippen molar-refractivity contribution in [2.45, 2.75) is 46.6 Å². The van der Waals surface area contributed by atoms with Crippen LogP contribution in [0.1, 0.15) is 55.7 Å². The molecule has 0 aliphatic heterocycles. The summed E-state index contributed by atoms with van der Waals surface area (Å²) in [4.78, 5) is 27.9. The maximum atomic E-state index is 14.1. The van der Waals surface area contributed by atoms with Crippen molar-refractivity contribution in [3.8, 4) is 0 Å². The third-order valence-corrected chi connectivity index (χ3v) is 7.59. The molecular formula is C32H36ClN2O3+. The molecule has 3 aromatic carbocycles. The van der Waals surface area contributed by atoms with E-state index >= 15 is 0 Å². The van der Waals surface area contributed by atoms with E-state index in [4.69, 9.17) is 21.8 Å². The van der Waals surface area contributed by atoms with Gasteiger partial charge in [-0.05, 0) is 43.3 Å². The Labute approximate surface area is 229 Å². The van der Waals surface area contributed by atoms with E-state index in [0.29, 0.717) is 53.2 Å². The number of benzene rings is 3. The zero-order chi connectivity index (χ0) is 27.4. The Balaban J connectivity index is 2.08. The van der Waals surface area contributed by atoms with E-state index in [9.17, 15) is 9.59 Å². The van der Waals surface area contributed by atoms with Crippen LogP contribution >= 0.6 is 11.6 Å². The smallest absolute Gasteiger partial charge is 0.316 e. The second-order valence-electron chi connectivity index (χ2n) is 10.4. The lowest BCUT2D eigenvalue weighted by Gasteiger charge is -2.43. The van der Waals surface area contributed by atoms with Gasteiger partial charge < -0.3 is 10.2 Å². The average Bonchev–Trinajstić information content (AvgIpc) is 2.89. The van der Waals surface area contributed by atoms with Crippen LogP contribution in [0.25, 0.3) is 11.0 Å². The highest BCUT2D eigenvalue weighted by Gasteiger charge is 2.49. The summed E-state index contributed by atoms with van der Waals surface area (Å²) in [5.74, 6) is 0.448. The molecule has 0 radical (unpaired) electrons. The zero-order valence-electron chi connectivity index (χ0n) is 22.5. The predicted molar refractivity (Wildman–Crippen MR) is 157 cm³/mol. The van der Waals surface area contributed by atoms with Crippen molar-refractivity contribution in [2.24, 2.45) is 11.7 Å². The minimum atomic E-state index is -0.462. The number of halogens is 1. The highest BCUT2D eigenvalue weighted by molar-refractivity contribution is 6.31. The molecule has 1 aromatic heterocycles. The summed E-state index contributed by atoms with van der Waals surface area (Å²) in [6, 6.07) is 22.6. The minimum Gasteiger partial charge on any atom is -0.454 e. The van der Waals surface area contributed by atoms with E-state index in [1.165, 1.54) is 0 Å². The standard InChI is InChI=1S/C32H36ClN2O3/c1-21(2)30(35(23(4)36,18-8-17-34)26-14-11-22(3)12-15-26)32-28(19-24-9-6-5-7-10-24)31(37)27-16-13-25(33)20-29(27)38-32/h5-7,9-16,20-21,30H,8,17-19,34H2,1-4H3/q+1. The van der Waals surface area contributed by atoms with Crippen molar-refractivity contribution in [3.63, 3.8) is 0 Å². The van der Waals surface area contributed by atoms with Crippen LogP contribution in [0, 0.1) is 12.8 Å². The predicted octanol–water partition coefficient (Wildman–Crippen LogP) is 6.95. The fourth-order valence-electron chi connectivity index (χ4n) is 5.56. The van der Waals surface area contributed by atoms with Crippen LogP contribution in [-0.2, 0) is 11.2 Å². The van der Waals surface area contributed by atoms with E-state index in [2.05, 4.69) is 13.8 Å². The Bertz CT molecular complexity index is 1480. The van der Waals surface area contributed by atoms with Crippen molar-refractivity contribution in [2.75, 3.05) is 13.1 Å². The average molecular weight is 532 g/mol. The molecule has 1 amide bonds. The van der Waals surface area contributed by atoms with Crippen molar-refractivity contribution in [3.05, 3.63) is 110 Å². The topological polar surface area (TPSA) is 73.3 Å². The molecule has 198 valence electrons. The van der Waals surface area contributed by atoms with E-state index in [0.717, 1.165) is 16.8 Å². The molecule has 0 saturated heterocycles. The molecule has 38 heavy (non-hydrogen) atoms. The largest absolute Gasteiger partial charge is 0.454 e. The van der Waals surface area contributed by atoms with Gasteiger partial charge in [0.25, 0.3) is 0 Å². The van der Waals surface area contributed by atoms with Crippen LogP contribution in [0.5, 0.6) is 0 Å². The normalized spacial score (nSPS) is 14.0. The van der Waals surface area contributed by atoms with Crippen LogP contribution in [0.15, 0.2) is 82.0 Å². The number of hydrogen-bond acceptors (Lipinski definition) is 4. The Morgan fingerprint density at radius 3 is 2.32 bits per heavy atom. The molecule has 2 atom stereocenters. The van der Waals surface area contributed by atoms with Gasteiger partial charge in [0, 0.05) is 35.4 Å². The van der Waals surface area contributed by atoms with Gasteiger partial charge in [-0.25, -0.2) is 9.28 Å². The van der Waals surface area contributed by atoms with Crippen molar-refractivity contribution in [1.82, 2.24) is 4.48 Å². The van der Waals surface area contributed by atoms with Crippen LogP contribution in [0.4, 0.5) is 5.69 Å². The van der Waals surface area contributed by atoms with Crippen molar-refractivity contribution >= 4 is 34.2 Å². The van der Waals surface area contributed by atoms with Gasteiger partial charge in [0.05, 0.1) is 18.9 Å². The maximum Gasteiger partial charge on any atom is 0.316 e. The number of amides is 1. The molecule has 4 rings (SSSR count). The molecule has 4 aromatic rings. The van der Waals surface area contributed by atoms with E-state index in [1.54, 1.807) is 25.1 Å². The number of carbonyl (C=O) groups excluding carboxylic acids is 1. The molecule has 2 unspecified atom stereocenters. The molecule has 5 nitrogen and oxygen atoms in total. The monoisotopic (exact) mass is 531 g/mol. The van der Waals surface area contributed by atoms with Gasteiger partial charge in [-0.15, -0.1) is 0 Å². The van der Waals surface area contributed by atoms with Crippen LogP contribution < -0.4 is 15.6 Å². The highest BCUT2D eigenvalue weighted by Crippen LogP contribution is 2.43. The molecule has 0 spiro atoms. The fourth-order valence-corrected chi connectivity index (χ4v) is 5.72. The Morgan fingerprint density at radius 1 is 1.03 bits per heavy atom. The number of nitrogens with zero attached hydrogens (tertiary/aromatic N) is 1. The van der Waals surface area contributed by atoms with Crippen molar-refractivity contribution in [1.29, 1.82) is 0 Å². The number of quaternary nitrogens is 1. The number of hydrogen-bond donors (Lipinski definition) is 1. The molecule has 0 aliphatic rings. The molecule has 0 aliphatic carbocycles. The minimum absolute atomic E-state index is 0.00590. The molecule has 0 bridgehead atoms. The Kier molecular flexibility index (Phi) is 8.51. The van der Waals surface area contributed by atoms with Crippen LogP contribution in [0.2, 0.25) is 5.02 Å². The third kappa shape index (κ3) is 5.32. The summed E-state index contributed by atoms with van der Waals surface area (Å²) in [6.07, 6.45) is 1.03. The van der Waals surface area contributed by atoms with E-state index in [-0.39, 0.29) is 21.7 Å². The lowest BCUT2D eigenvalue weighted by molar-refractivity contribution is -0.132. The summed E-state index contributed by atoms with van der Waals surface area (Å²) in [5, 5.41) is 0.960. The van der Waals surface area contributed by atoms with Crippen LogP contribution in [-0.4, -0.2) is 19.0 Å². The Hall–Kier alpha value is -3.25. The SMILES string of the molecule is CC(=O)[N+](CCCN)(c1ccc(C)cc1)C(c1oc2cc(Cl)ccc2c(=O)c1Cc1ccccc1)C(C)C. The van der Waals surface area contributed by atoms with Gasteiger partial charge in [-0.3, -0.25) is 4.79 Å². The Morgan fingerprint density at radius 2 is 1.71 bits per heavy atom. The molecule has 6 heteroatoms. The van der Waals surface area contributed by atoms with Gasteiger partial charge in [-0.2, -0.15) is 0 Å². The van der Waals surface area contributed by atoms with Gasteiger partial charge in [0.15, 0.2) is 17.2 Å². The first kappa shape index (κ1) is 27.8. The molecule has 0 fully saturated rings. The summed E-state index contributed by atoms with van der Waals surface area (Å²) < 4.78 is 6.65. The summed E-state index contributed by atoms with van der Waals surface area (Å²) >= 11 is 6.32. The maximum absolute atomic E-state index is 14.1. The summed E-state index contributed by atoms with van der Waals surface area (Å²) in [7, 11) is 0. The summed E-state index contributed by atoms with van der Waals surface area (Å²) in [5.41, 5.74) is 9.83. The van der Waals surface area contributed by atoms with Gasteiger partial charge in [-0.1, -0.05) is 73.5 Å². The number of carbonyl (C=O) groups is 1. The lowest BCUT2D eigenvalue weighted by Crippen LogP contribution is -2.58. The van der Waals surface area contributed by atoms with Crippen LogP contribution in [0.3, 0.4) is 0 Å². The first-order valence-electron chi connectivity index (χ1n) is 13.1. The second kappa shape index (κ2) is 11.6. The molecule has 0 saturated carbocycles. The van der Waals surface area contributed by atoms with E-state index < -0.39 is 6.04 Å². The summed E-state index contributed by atoms with van der Waals surface area (Å²) in [6.45, 7) is 8.73. The molecular weight excluding hydrogens is 496 g/mol. The third-order valence-electron chi connectivity index (χ3n) is 7.35. The lowest BCUT2D eigenvalue weighted by atomic mass is 9.89. The van der Waals surface area contributed by atoms with Gasteiger partial charge >= 0.3 is 5.91 Å². The molecule has 1 heterocycles. The highest BCUT2D eigenvalue weighted by atomic mass is 35.5. The van der Waals surface area contributed by atoms with Crippen molar-refractivity contribution < 1.29 is 9.21 Å². The number of fused-ring (bicyclic) bond motifs is 1. The number of nitrogens with two attached hydrogens (primary N) is 1. The first-order chi connectivity index (χ1) is 18.2. The number of aryl methyl sites for hydroxylation is 1. The fraction of sp³-hybridized carbons (Fsp3) is 0.312. The number of rotatable bonds is 9. The quantitative estimate of drug-likeness (QED) is 0.237. The van der Waals surface area contributed by atoms with Gasteiger partial charge in [0.1, 0.15) is 11.3 Å².